The summed E-state index contributed by atoms with van der Waals surface area (Å²) in [7, 11) is 0. The van der Waals surface area contributed by atoms with E-state index < -0.39 is 0 Å². The van der Waals surface area contributed by atoms with E-state index in [-0.39, 0.29) is 11.8 Å². The zero-order valence-electron chi connectivity index (χ0n) is 7.12. The van der Waals surface area contributed by atoms with Crippen molar-refractivity contribution in [3.05, 3.63) is 29.3 Å². The van der Waals surface area contributed by atoms with Gasteiger partial charge in [0.15, 0.2) is 0 Å². The molecule has 0 aliphatic rings. The molecule has 0 fully saturated rings. The van der Waals surface area contributed by atoms with Gasteiger partial charge in [0.25, 0.3) is 0 Å². The Labute approximate surface area is 72.0 Å². The molecule has 0 spiro atoms. The van der Waals surface area contributed by atoms with Gasteiger partial charge in [-0.1, -0.05) is 6.07 Å². The zero-order chi connectivity index (χ0) is 9.14. The summed E-state index contributed by atoms with van der Waals surface area (Å²) in [4.78, 5) is 0. The largest absolute Gasteiger partial charge is 0.508 e. The Bertz CT molecular complexity index is 273. The van der Waals surface area contributed by atoms with Crippen LogP contribution in [0.15, 0.2) is 18.2 Å². The first-order valence-electron chi connectivity index (χ1n) is 3.90. The molecule has 1 aromatic rings. The molecule has 0 unspecified atom stereocenters. The molecule has 0 bridgehead atoms. The third-order valence-corrected chi connectivity index (χ3v) is 1.91. The first kappa shape index (κ1) is 9.03. The van der Waals surface area contributed by atoms with Crippen LogP contribution in [0.4, 0.5) is 0 Å². The number of nitrogens with two attached hydrogens (primary N) is 2. The van der Waals surface area contributed by atoms with Crippen molar-refractivity contribution in [1.82, 2.24) is 0 Å². The van der Waals surface area contributed by atoms with Gasteiger partial charge in [0.2, 0.25) is 0 Å². The Balaban J connectivity index is 3.01. The van der Waals surface area contributed by atoms with E-state index in [0.717, 1.165) is 11.1 Å². The normalized spacial score (nSPS) is 12.9. The number of rotatable bonds is 2. The second-order valence-corrected chi connectivity index (χ2v) is 2.88. The molecule has 0 heterocycles. The molecule has 1 aromatic carbocycles. The summed E-state index contributed by atoms with van der Waals surface area (Å²) in [6, 6.07) is 4.98. The summed E-state index contributed by atoms with van der Waals surface area (Å²) < 4.78 is 0. The van der Waals surface area contributed by atoms with Crippen molar-refractivity contribution in [2.75, 3.05) is 6.54 Å². The molecular formula is C9H14N2O. The topological polar surface area (TPSA) is 72.3 Å². The highest BCUT2D eigenvalue weighted by molar-refractivity contribution is 5.35. The maximum atomic E-state index is 9.12. The van der Waals surface area contributed by atoms with Crippen LogP contribution in [0.25, 0.3) is 0 Å². The Morgan fingerprint density at radius 3 is 2.67 bits per heavy atom. The molecule has 5 N–H and O–H groups in total. The highest BCUT2D eigenvalue weighted by atomic mass is 16.3. The minimum atomic E-state index is -0.134. The van der Waals surface area contributed by atoms with Crippen LogP contribution in [-0.4, -0.2) is 11.7 Å². The van der Waals surface area contributed by atoms with E-state index in [4.69, 9.17) is 16.6 Å². The van der Waals surface area contributed by atoms with Crippen molar-refractivity contribution in [2.45, 2.75) is 13.0 Å². The summed E-state index contributed by atoms with van der Waals surface area (Å²) in [5.74, 6) is 0.264. The maximum Gasteiger partial charge on any atom is 0.115 e. The molecule has 0 aliphatic heterocycles. The van der Waals surface area contributed by atoms with E-state index in [1.165, 1.54) is 0 Å². The molecule has 0 amide bonds. The quantitative estimate of drug-likeness (QED) is 0.604. The fourth-order valence-electron chi connectivity index (χ4n) is 1.20. The predicted octanol–water partition coefficient (Wildman–Crippen LogP) is 0.659. The van der Waals surface area contributed by atoms with Crippen LogP contribution in [-0.2, 0) is 0 Å². The molecule has 0 saturated heterocycles. The summed E-state index contributed by atoms with van der Waals surface area (Å²) in [5, 5.41) is 9.12. The minimum Gasteiger partial charge on any atom is -0.508 e. The zero-order valence-corrected chi connectivity index (χ0v) is 7.12. The Morgan fingerprint density at radius 1 is 1.50 bits per heavy atom. The van der Waals surface area contributed by atoms with Gasteiger partial charge in [-0.3, -0.25) is 0 Å². The number of phenols is 1. The van der Waals surface area contributed by atoms with E-state index >= 15 is 0 Å². The fraction of sp³-hybridized carbons (Fsp3) is 0.333. The van der Waals surface area contributed by atoms with Gasteiger partial charge in [-0.2, -0.15) is 0 Å². The summed E-state index contributed by atoms with van der Waals surface area (Å²) in [6.07, 6.45) is 0. The third-order valence-electron chi connectivity index (χ3n) is 1.91. The first-order valence-corrected chi connectivity index (χ1v) is 3.90. The highest BCUT2D eigenvalue weighted by Gasteiger charge is 2.06. The lowest BCUT2D eigenvalue weighted by molar-refractivity contribution is 0.474. The van der Waals surface area contributed by atoms with Gasteiger partial charge in [-0.25, -0.2) is 0 Å². The van der Waals surface area contributed by atoms with Crippen molar-refractivity contribution in [3.63, 3.8) is 0 Å². The average Bonchev–Trinajstić information content (AvgIpc) is 2.03. The third kappa shape index (κ3) is 1.75. The lowest BCUT2D eigenvalue weighted by Gasteiger charge is -2.12. The first-order chi connectivity index (χ1) is 5.65. The van der Waals surface area contributed by atoms with Crippen LogP contribution < -0.4 is 11.5 Å². The number of hydrogen-bond donors (Lipinski definition) is 3. The van der Waals surface area contributed by atoms with E-state index in [9.17, 15) is 0 Å². The molecule has 12 heavy (non-hydrogen) atoms. The van der Waals surface area contributed by atoms with E-state index in [1.807, 2.05) is 13.0 Å². The van der Waals surface area contributed by atoms with Gasteiger partial charge in [0.1, 0.15) is 5.75 Å². The molecular weight excluding hydrogens is 152 g/mol. The fourth-order valence-corrected chi connectivity index (χ4v) is 1.20. The van der Waals surface area contributed by atoms with Crippen molar-refractivity contribution in [3.8, 4) is 5.75 Å². The van der Waals surface area contributed by atoms with Crippen molar-refractivity contribution < 1.29 is 5.11 Å². The van der Waals surface area contributed by atoms with E-state index in [1.54, 1.807) is 12.1 Å². The molecule has 0 radical (unpaired) electrons. The van der Waals surface area contributed by atoms with Crippen LogP contribution in [0, 0.1) is 6.92 Å². The van der Waals surface area contributed by atoms with E-state index in [2.05, 4.69) is 0 Å². The molecule has 3 nitrogen and oxygen atoms in total. The van der Waals surface area contributed by atoms with Crippen LogP contribution in [0.2, 0.25) is 0 Å². The predicted molar refractivity (Wildman–Crippen MR) is 48.8 cm³/mol. The summed E-state index contributed by atoms with van der Waals surface area (Å²) >= 11 is 0. The van der Waals surface area contributed by atoms with Crippen LogP contribution in [0.5, 0.6) is 5.75 Å². The van der Waals surface area contributed by atoms with Crippen LogP contribution in [0.3, 0.4) is 0 Å². The molecule has 66 valence electrons. The maximum absolute atomic E-state index is 9.12. The Kier molecular flexibility index (Phi) is 2.68. The monoisotopic (exact) mass is 166 g/mol. The van der Waals surface area contributed by atoms with Crippen molar-refractivity contribution in [2.24, 2.45) is 11.5 Å². The molecule has 1 atom stereocenters. The molecule has 3 heteroatoms. The summed E-state index contributed by atoms with van der Waals surface area (Å²) in [6.45, 7) is 2.33. The number of aryl methyl sites for hydroxylation is 1. The Hall–Kier alpha value is -1.06. The van der Waals surface area contributed by atoms with Gasteiger partial charge >= 0.3 is 0 Å². The number of phenolic OH excluding ortho intramolecular Hbond substituents is 1. The van der Waals surface area contributed by atoms with Gasteiger partial charge in [-0.15, -0.1) is 0 Å². The molecule has 0 saturated carbocycles. The van der Waals surface area contributed by atoms with E-state index in [0.29, 0.717) is 6.54 Å². The van der Waals surface area contributed by atoms with Gasteiger partial charge in [0.05, 0.1) is 0 Å². The highest BCUT2D eigenvalue weighted by Crippen LogP contribution is 2.19. The number of hydrogen-bond acceptors (Lipinski definition) is 3. The van der Waals surface area contributed by atoms with Crippen LogP contribution in [0.1, 0.15) is 17.2 Å². The SMILES string of the molecule is Cc1cc(O)ccc1[C@H](N)CN. The Morgan fingerprint density at radius 2 is 2.17 bits per heavy atom. The van der Waals surface area contributed by atoms with Crippen LogP contribution >= 0.6 is 0 Å². The van der Waals surface area contributed by atoms with Gasteiger partial charge < -0.3 is 16.6 Å². The molecule has 1 rings (SSSR count). The van der Waals surface area contributed by atoms with Crippen molar-refractivity contribution >= 4 is 0 Å². The second kappa shape index (κ2) is 3.56. The van der Waals surface area contributed by atoms with Gasteiger partial charge in [0, 0.05) is 12.6 Å². The average molecular weight is 166 g/mol. The molecule has 0 aromatic heterocycles. The standard InChI is InChI=1S/C9H14N2O/c1-6-4-7(12)2-3-8(6)9(11)5-10/h2-4,9,12H,5,10-11H2,1H3/t9-/m1/s1. The number of benzene rings is 1. The van der Waals surface area contributed by atoms with Crippen molar-refractivity contribution in [1.29, 1.82) is 0 Å². The minimum absolute atomic E-state index is 0.134. The van der Waals surface area contributed by atoms with Gasteiger partial charge in [-0.05, 0) is 30.2 Å². The molecule has 0 aliphatic carbocycles. The smallest absolute Gasteiger partial charge is 0.115 e. The lowest BCUT2D eigenvalue weighted by Crippen LogP contribution is -2.21. The second-order valence-electron chi connectivity index (χ2n) is 2.88. The number of aromatic hydroxyl groups is 1. The summed E-state index contributed by atoms with van der Waals surface area (Å²) in [5.41, 5.74) is 13.1. The lowest BCUT2D eigenvalue weighted by atomic mass is 10.0.